The second-order valence-electron chi connectivity index (χ2n) is 9.79. The Bertz CT molecular complexity index is 1410. The quantitative estimate of drug-likeness (QED) is 0.331. The topological polar surface area (TPSA) is 86.8 Å². The monoisotopic (exact) mass is 569 g/mol. The van der Waals surface area contributed by atoms with E-state index in [0.29, 0.717) is 22.7 Å². The normalized spacial score (nSPS) is 12.2. The van der Waals surface area contributed by atoms with E-state index < -0.39 is 28.5 Å². The maximum Gasteiger partial charge on any atom is 0.264 e. The number of rotatable bonds is 11. The Morgan fingerprint density at radius 3 is 2.15 bits per heavy atom. The van der Waals surface area contributed by atoms with Crippen molar-refractivity contribution in [3.8, 4) is 0 Å². The maximum atomic E-state index is 14.1. The van der Waals surface area contributed by atoms with E-state index in [1.807, 2.05) is 52.0 Å². The van der Waals surface area contributed by atoms with Crippen molar-refractivity contribution in [2.75, 3.05) is 10.8 Å². The lowest BCUT2D eigenvalue weighted by molar-refractivity contribution is -0.140. The van der Waals surface area contributed by atoms with Crippen LogP contribution in [0.5, 0.6) is 0 Å². The Labute approximate surface area is 236 Å². The fourth-order valence-electron chi connectivity index (χ4n) is 4.40. The first-order chi connectivity index (χ1) is 18.4. The summed E-state index contributed by atoms with van der Waals surface area (Å²) in [6, 6.07) is 19.6. The zero-order chi connectivity index (χ0) is 28.7. The number of hydrogen-bond donors (Lipinski definition) is 1. The summed E-state index contributed by atoms with van der Waals surface area (Å²) in [4.78, 5) is 28.9. The van der Waals surface area contributed by atoms with E-state index in [1.54, 1.807) is 43.3 Å². The van der Waals surface area contributed by atoms with Gasteiger partial charge in [-0.3, -0.25) is 13.9 Å². The molecule has 0 radical (unpaired) electrons. The molecule has 0 fully saturated rings. The fourth-order valence-corrected chi connectivity index (χ4v) is 6.13. The van der Waals surface area contributed by atoms with Crippen LogP contribution in [-0.4, -0.2) is 43.8 Å². The van der Waals surface area contributed by atoms with Gasteiger partial charge in [0, 0.05) is 17.6 Å². The summed E-state index contributed by atoms with van der Waals surface area (Å²) in [5.41, 5.74) is 2.79. The zero-order valence-electron chi connectivity index (χ0n) is 23.0. The molecule has 9 heteroatoms. The van der Waals surface area contributed by atoms with Crippen molar-refractivity contribution in [1.29, 1.82) is 0 Å². The second kappa shape index (κ2) is 13.1. The Hall–Kier alpha value is -3.36. The molecule has 7 nitrogen and oxygen atoms in total. The highest BCUT2D eigenvalue weighted by Crippen LogP contribution is 2.29. The molecule has 0 saturated carbocycles. The van der Waals surface area contributed by atoms with Crippen molar-refractivity contribution >= 4 is 39.1 Å². The Morgan fingerprint density at radius 2 is 1.56 bits per heavy atom. The van der Waals surface area contributed by atoms with Gasteiger partial charge in [0.05, 0.1) is 10.6 Å². The van der Waals surface area contributed by atoms with Crippen LogP contribution in [0.1, 0.15) is 43.9 Å². The molecule has 0 heterocycles. The lowest BCUT2D eigenvalue weighted by Crippen LogP contribution is -2.53. The average molecular weight is 570 g/mol. The molecule has 0 aliphatic rings. The summed E-state index contributed by atoms with van der Waals surface area (Å²) in [7, 11) is -4.13. The summed E-state index contributed by atoms with van der Waals surface area (Å²) in [6.07, 6.45) is 0.363. The first-order valence-corrected chi connectivity index (χ1v) is 14.8. The minimum Gasteiger partial charge on any atom is -0.352 e. The van der Waals surface area contributed by atoms with E-state index in [4.69, 9.17) is 11.6 Å². The van der Waals surface area contributed by atoms with E-state index in [-0.39, 0.29) is 23.4 Å². The van der Waals surface area contributed by atoms with Gasteiger partial charge in [0.25, 0.3) is 10.0 Å². The number of aryl methyl sites for hydroxylation is 2. The molecule has 1 N–H and O–H groups in total. The standard InChI is InChI=1S/C30H36ClN3O4S/c1-6-27(30(36)32-21(2)3)33(19-24-13-11-10-12-22(24)4)29(35)20-34(28-17-16-25(31)18-23(28)5)39(37,38)26-14-8-7-9-15-26/h7-18,21,27H,6,19-20H2,1-5H3,(H,32,36)/t27-/m0/s1. The van der Waals surface area contributed by atoms with Gasteiger partial charge < -0.3 is 10.2 Å². The number of halogens is 1. The first-order valence-electron chi connectivity index (χ1n) is 12.9. The number of sulfonamides is 1. The third-order valence-corrected chi connectivity index (χ3v) is 8.47. The first kappa shape index (κ1) is 30.2. The largest absolute Gasteiger partial charge is 0.352 e. The Morgan fingerprint density at radius 1 is 0.923 bits per heavy atom. The van der Waals surface area contributed by atoms with Crippen LogP contribution >= 0.6 is 11.6 Å². The predicted molar refractivity (Wildman–Crippen MR) is 156 cm³/mol. The zero-order valence-corrected chi connectivity index (χ0v) is 24.6. The number of carbonyl (C=O) groups is 2. The fraction of sp³-hybridized carbons (Fsp3) is 0.333. The average Bonchev–Trinajstić information content (AvgIpc) is 2.88. The van der Waals surface area contributed by atoms with Crippen molar-refractivity contribution in [1.82, 2.24) is 10.2 Å². The molecule has 3 aromatic carbocycles. The highest BCUT2D eigenvalue weighted by molar-refractivity contribution is 7.92. The number of nitrogens with zero attached hydrogens (tertiary/aromatic N) is 2. The molecule has 0 aliphatic carbocycles. The van der Waals surface area contributed by atoms with Gasteiger partial charge in [0.15, 0.2) is 0 Å². The van der Waals surface area contributed by atoms with Gasteiger partial charge in [-0.25, -0.2) is 8.42 Å². The van der Waals surface area contributed by atoms with Crippen molar-refractivity contribution in [2.45, 2.75) is 64.6 Å². The van der Waals surface area contributed by atoms with Gasteiger partial charge in [-0.05, 0) is 81.1 Å². The van der Waals surface area contributed by atoms with E-state index in [1.165, 1.54) is 17.0 Å². The molecule has 0 saturated heterocycles. The van der Waals surface area contributed by atoms with Crippen molar-refractivity contribution < 1.29 is 18.0 Å². The SMILES string of the molecule is CC[C@@H](C(=O)NC(C)C)N(Cc1ccccc1C)C(=O)CN(c1ccc(Cl)cc1C)S(=O)(=O)c1ccccc1. The summed E-state index contributed by atoms with van der Waals surface area (Å²) in [5.74, 6) is -0.771. The molecule has 0 aromatic heterocycles. The molecule has 3 rings (SSSR count). The van der Waals surface area contributed by atoms with Crippen LogP contribution < -0.4 is 9.62 Å². The lowest BCUT2D eigenvalue weighted by atomic mass is 10.1. The second-order valence-corrected chi connectivity index (χ2v) is 12.1. The predicted octanol–water partition coefficient (Wildman–Crippen LogP) is 5.48. The van der Waals surface area contributed by atoms with Gasteiger partial charge in [0.1, 0.15) is 12.6 Å². The molecule has 0 unspecified atom stereocenters. The highest BCUT2D eigenvalue weighted by atomic mass is 35.5. The number of benzene rings is 3. The molecular weight excluding hydrogens is 534 g/mol. The van der Waals surface area contributed by atoms with Gasteiger partial charge in [-0.1, -0.05) is 61.0 Å². The molecule has 208 valence electrons. The molecule has 0 bridgehead atoms. The number of amides is 2. The van der Waals surface area contributed by atoms with Crippen molar-refractivity contribution in [3.63, 3.8) is 0 Å². The van der Waals surface area contributed by atoms with Crippen LogP contribution in [0.3, 0.4) is 0 Å². The minimum atomic E-state index is -4.13. The van der Waals surface area contributed by atoms with E-state index in [0.717, 1.165) is 15.4 Å². The van der Waals surface area contributed by atoms with Gasteiger partial charge >= 0.3 is 0 Å². The van der Waals surface area contributed by atoms with E-state index in [9.17, 15) is 18.0 Å². The third-order valence-electron chi connectivity index (χ3n) is 6.46. The molecule has 1 atom stereocenters. The molecular formula is C30H36ClN3O4S. The van der Waals surface area contributed by atoms with Crippen LogP contribution in [0.25, 0.3) is 0 Å². The van der Waals surface area contributed by atoms with Crippen LogP contribution in [0.2, 0.25) is 5.02 Å². The summed E-state index contributed by atoms with van der Waals surface area (Å²) < 4.78 is 28.9. The van der Waals surface area contributed by atoms with E-state index in [2.05, 4.69) is 5.32 Å². The summed E-state index contributed by atoms with van der Waals surface area (Å²) >= 11 is 6.16. The molecule has 0 aliphatic heterocycles. The van der Waals surface area contributed by atoms with Crippen molar-refractivity contribution in [2.24, 2.45) is 0 Å². The third kappa shape index (κ3) is 7.40. The number of carbonyl (C=O) groups excluding carboxylic acids is 2. The smallest absolute Gasteiger partial charge is 0.264 e. The maximum absolute atomic E-state index is 14.1. The van der Waals surface area contributed by atoms with Crippen molar-refractivity contribution in [3.05, 3.63) is 94.5 Å². The van der Waals surface area contributed by atoms with Crippen LogP contribution in [0.15, 0.2) is 77.7 Å². The van der Waals surface area contributed by atoms with E-state index >= 15 is 0 Å². The number of hydrogen-bond acceptors (Lipinski definition) is 4. The lowest BCUT2D eigenvalue weighted by Gasteiger charge is -2.34. The highest BCUT2D eigenvalue weighted by Gasteiger charge is 2.34. The summed E-state index contributed by atoms with van der Waals surface area (Å²) in [6.45, 7) is 8.91. The molecule has 2 amide bonds. The molecule has 39 heavy (non-hydrogen) atoms. The van der Waals surface area contributed by atoms with Gasteiger partial charge in [-0.15, -0.1) is 0 Å². The van der Waals surface area contributed by atoms with Gasteiger partial charge in [0.2, 0.25) is 11.8 Å². The summed E-state index contributed by atoms with van der Waals surface area (Å²) in [5, 5.41) is 3.36. The number of anilines is 1. The van der Waals surface area contributed by atoms with Gasteiger partial charge in [-0.2, -0.15) is 0 Å². The molecule has 3 aromatic rings. The minimum absolute atomic E-state index is 0.0576. The van der Waals surface area contributed by atoms with Crippen LogP contribution in [-0.2, 0) is 26.2 Å². The van der Waals surface area contributed by atoms with Crippen LogP contribution in [0, 0.1) is 13.8 Å². The molecule has 0 spiro atoms. The number of nitrogens with one attached hydrogen (secondary N) is 1. The Kier molecular flexibility index (Phi) is 10.2. The van der Waals surface area contributed by atoms with Crippen LogP contribution in [0.4, 0.5) is 5.69 Å². The Balaban J connectivity index is 2.10.